The first-order chi connectivity index (χ1) is 9.28. The fourth-order valence-electron chi connectivity index (χ4n) is 2.27. The smallest absolute Gasteiger partial charge is 0.0947 e. The molecule has 4 nitrogen and oxygen atoms in total. The van der Waals surface area contributed by atoms with Gasteiger partial charge in [-0.1, -0.05) is 18.2 Å². The number of hydrazine groups is 1. The maximum atomic E-state index is 5.68. The minimum Gasteiger partial charge on any atom is -0.340 e. The van der Waals surface area contributed by atoms with E-state index in [1.165, 1.54) is 15.6 Å². The van der Waals surface area contributed by atoms with Crippen molar-refractivity contribution in [3.8, 4) is 0 Å². The Morgan fingerprint density at radius 1 is 1.42 bits per heavy atom. The second kappa shape index (κ2) is 5.13. The molecule has 0 saturated carbocycles. The highest BCUT2D eigenvalue weighted by Crippen LogP contribution is 2.28. The van der Waals surface area contributed by atoms with Gasteiger partial charge in [0.25, 0.3) is 0 Å². The van der Waals surface area contributed by atoms with Crippen LogP contribution < -0.4 is 11.3 Å². The molecule has 0 bridgehead atoms. The maximum Gasteiger partial charge on any atom is 0.0947 e. The highest BCUT2D eigenvalue weighted by Gasteiger charge is 2.15. The van der Waals surface area contributed by atoms with Crippen molar-refractivity contribution < 1.29 is 0 Å². The van der Waals surface area contributed by atoms with E-state index in [0.29, 0.717) is 0 Å². The van der Waals surface area contributed by atoms with Crippen LogP contribution in [0.1, 0.15) is 17.3 Å². The number of benzene rings is 1. The summed E-state index contributed by atoms with van der Waals surface area (Å²) in [4.78, 5) is 4.37. The van der Waals surface area contributed by atoms with E-state index in [9.17, 15) is 0 Å². The Morgan fingerprint density at radius 2 is 2.26 bits per heavy atom. The molecule has 0 radical (unpaired) electrons. The van der Waals surface area contributed by atoms with Crippen molar-refractivity contribution in [3.05, 3.63) is 53.4 Å². The second-order valence-electron chi connectivity index (χ2n) is 4.64. The molecule has 0 aliphatic carbocycles. The number of hydrogen-bond donors (Lipinski definition) is 2. The van der Waals surface area contributed by atoms with Crippen molar-refractivity contribution in [1.29, 1.82) is 0 Å². The van der Waals surface area contributed by atoms with Gasteiger partial charge in [0, 0.05) is 17.9 Å². The Kier molecular flexibility index (Phi) is 3.33. The molecule has 1 unspecified atom stereocenters. The lowest BCUT2D eigenvalue weighted by Crippen LogP contribution is -2.29. The van der Waals surface area contributed by atoms with Crippen LogP contribution in [0.2, 0.25) is 0 Å². The van der Waals surface area contributed by atoms with E-state index in [2.05, 4.69) is 40.1 Å². The fraction of sp³-hybridized carbons (Fsp3) is 0.214. The number of nitrogens with two attached hydrogens (primary N) is 1. The van der Waals surface area contributed by atoms with Gasteiger partial charge < -0.3 is 4.57 Å². The molecular weight excluding hydrogens is 256 g/mol. The molecule has 2 aromatic heterocycles. The Labute approximate surface area is 115 Å². The van der Waals surface area contributed by atoms with Crippen LogP contribution in [0.25, 0.3) is 10.1 Å². The van der Waals surface area contributed by atoms with Crippen molar-refractivity contribution in [1.82, 2.24) is 15.0 Å². The molecule has 0 aliphatic rings. The van der Waals surface area contributed by atoms with Gasteiger partial charge in [-0.25, -0.2) is 4.98 Å². The summed E-state index contributed by atoms with van der Waals surface area (Å²) in [6.45, 7) is 0. The fourth-order valence-corrected chi connectivity index (χ4v) is 3.25. The molecule has 3 aromatic rings. The van der Waals surface area contributed by atoms with Gasteiger partial charge in [-0.3, -0.25) is 11.3 Å². The molecule has 0 aliphatic heterocycles. The number of imidazole rings is 1. The van der Waals surface area contributed by atoms with E-state index in [1.807, 2.05) is 17.8 Å². The Morgan fingerprint density at radius 3 is 3.00 bits per heavy atom. The van der Waals surface area contributed by atoms with E-state index in [4.69, 9.17) is 5.84 Å². The third-order valence-corrected chi connectivity index (χ3v) is 4.28. The molecule has 19 heavy (non-hydrogen) atoms. The molecule has 2 heterocycles. The van der Waals surface area contributed by atoms with Crippen LogP contribution in [0.3, 0.4) is 0 Å². The number of nitrogens with one attached hydrogen (secondary N) is 1. The van der Waals surface area contributed by atoms with Gasteiger partial charge in [0.05, 0.1) is 18.1 Å². The van der Waals surface area contributed by atoms with Crippen LogP contribution in [0, 0.1) is 0 Å². The number of rotatable bonds is 4. The van der Waals surface area contributed by atoms with Crippen LogP contribution in [0.4, 0.5) is 0 Å². The average molecular weight is 272 g/mol. The van der Waals surface area contributed by atoms with Crippen LogP contribution in [0.15, 0.2) is 42.2 Å². The van der Waals surface area contributed by atoms with Gasteiger partial charge in [-0.05, 0) is 28.8 Å². The van der Waals surface area contributed by atoms with Crippen molar-refractivity contribution >= 4 is 21.4 Å². The molecule has 0 spiro atoms. The lowest BCUT2D eigenvalue weighted by molar-refractivity contribution is 0.542. The number of aromatic nitrogens is 2. The van der Waals surface area contributed by atoms with Gasteiger partial charge in [0.15, 0.2) is 0 Å². The third kappa shape index (κ3) is 2.40. The largest absolute Gasteiger partial charge is 0.340 e. The van der Waals surface area contributed by atoms with Crippen LogP contribution in [-0.4, -0.2) is 9.55 Å². The summed E-state index contributed by atoms with van der Waals surface area (Å²) < 4.78 is 3.25. The topological polar surface area (TPSA) is 55.9 Å². The van der Waals surface area contributed by atoms with E-state index in [0.717, 1.165) is 12.1 Å². The molecule has 5 heteroatoms. The van der Waals surface area contributed by atoms with E-state index in [-0.39, 0.29) is 6.04 Å². The zero-order chi connectivity index (χ0) is 13.2. The zero-order valence-electron chi connectivity index (χ0n) is 10.7. The molecule has 98 valence electrons. The number of aryl methyl sites for hydroxylation is 1. The summed E-state index contributed by atoms with van der Waals surface area (Å²) >= 11 is 1.77. The van der Waals surface area contributed by atoms with Gasteiger partial charge in [0.1, 0.15) is 0 Å². The maximum absolute atomic E-state index is 5.68. The van der Waals surface area contributed by atoms with Gasteiger partial charge >= 0.3 is 0 Å². The minimum absolute atomic E-state index is 0.0409. The Bertz CT molecular complexity index is 685. The molecule has 0 fully saturated rings. The lowest BCUT2D eigenvalue weighted by Gasteiger charge is -2.12. The quantitative estimate of drug-likeness (QED) is 0.566. The average Bonchev–Trinajstić information content (AvgIpc) is 3.03. The molecule has 0 amide bonds. The zero-order valence-corrected chi connectivity index (χ0v) is 11.5. The normalized spacial score (nSPS) is 12.9. The third-order valence-electron chi connectivity index (χ3n) is 3.27. The standard InChI is InChI=1S/C14H16N4S/c1-18-7-13(16-9-18)12(17-15)6-10-8-19-14-5-3-2-4-11(10)14/h2-5,7-9,12,17H,6,15H2,1H3. The summed E-state index contributed by atoms with van der Waals surface area (Å²) in [7, 11) is 1.96. The highest BCUT2D eigenvalue weighted by molar-refractivity contribution is 7.17. The molecule has 3 rings (SSSR count). The number of fused-ring (bicyclic) bond motifs is 1. The van der Waals surface area contributed by atoms with E-state index in [1.54, 1.807) is 17.7 Å². The lowest BCUT2D eigenvalue weighted by atomic mass is 10.0. The second-order valence-corrected chi connectivity index (χ2v) is 5.56. The molecule has 1 aromatic carbocycles. The number of thiophene rings is 1. The predicted molar refractivity (Wildman–Crippen MR) is 78.8 cm³/mol. The van der Waals surface area contributed by atoms with Gasteiger partial charge in [-0.2, -0.15) is 0 Å². The predicted octanol–water partition coefficient (Wildman–Crippen LogP) is 2.38. The summed E-state index contributed by atoms with van der Waals surface area (Å²) in [5, 5.41) is 3.52. The van der Waals surface area contributed by atoms with Crippen molar-refractivity contribution in [2.75, 3.05) is 0 Å². The first kappa shape index (κ1) is 12.3. The summed E-state index contributed by atoms with van der Waals surface area (Å²) in [5.41, 5.74) is 5.15. The SMILES string of the molecule is Cn1cnc(C(Cc2csc3ccccc23)NN)c1. The molecule has 3 N–H and O–H groups in total. The van der Waals surface area contributed by atoms with Crippen LogP contribution >= 0.6 is 11.3 Å². The Hall–Kier alpha value is -1.69. The summed E-state index contributed by atoms with van der Waals surface area (Å²) in [6.07, 6.45) is 4.64. The van der Waals surface area contributed by atoms with E-state index >= 15 is 0 Å². The first-order valence-corrected chi connectivity index (χ1v) is 7.05. The van der Waals surface area contributed by atoms with E-state index < -0.39 is 0 Å². The molecule has 1 atom stereocenters. The Balaban J connectivity index is 1.90. The van der Waals surface area contributed by atoms with Crippen molar-refractivity contribution in [2.24, 2.45) is 12.9 Å². The van der Waals surface area contributed by atoms with Crippen LogP contribution in [-0.2, 0) is 13.5 Å². The molecular formula is C14H16N4S. The summed E-state index contributed by atoms with van der Waals surface area (Å²) in [5.74, 6) is 5.68. The van der Waals surface area contributed by atoms with Crippen molar-refractivity contribution in [2.45, 2.75) is 12.5 Å². The monoisotopic (exact) mass is 272 g/mol. The summed E-state index contributed by atoms with van der Waals surface area (Å²) in [6, 6.07) is 8.49. The van der Waals surface area contributed by atoms with Crippen LogP contribution in [0.5, 0.6) is 0 Å². The first-order valence-electron chi connectivity index (χ1n) is 6.17. The number of hydrogen-bond acceptors (Lipinski definition) is 4. The number of nitrogens with zero attached hydrogens (tertiary/aromatic N) is 2. The minimum atomic E-state index is 0.0409. The van der Waals surface area contributed by atoms with Crippen molar-refractivity contribution in [3.63, 3.8) is 0 Å². The highest BCUT2D eigenvalue weighted by atomic mass is 32.1. The van der Waals surface area contributed by atoms with Gasteiger partial charge in [-0.15, -0.1) is 11.3 Å². The molecule has 0 saturated heterocycles. The van der Waals surface area contributed by atoms with Gasteiger partial charge in [0.2, 0.25) is 0 Å².